The molecule has 9 heteroatoms. The molecule has 2 aliphatic heterocycles. The topological polar surface area (TPSA) is 104 Å². The lowest BCUT2D eigenvalue weighted by molar-refractivity contribution is -0.157. The summed E-state index contributed by atoms with van der Waals surface area (Å²) >= 11 is 7.31. The van der Waals surface area contributed by atoms with Gasteiger partial charge in [0.15, 0.2) is 0 Å². The fourth-order valence-electron chi connectivity index (χ4n) is 3.04. The quantitative estimate of drug-likeness (QED) is 0.561. The summed E-state index contributed by atoms with van der Waals surface area (Å²) < 4.78 is 0. The zero-order valence-corrected chi connectivity index (χ0v) is 14.2. The molecule has 1 saturated heterocycles. The van der Waals surface area contributed by atoms with Crippen LogP contribution in [0.3, 0.4) is 0 Å². The van der Waals surface area contributed by atoms with Crippen molar-refractivity contribution < 1.29 is 19.5 Å². The number of thioether (sulfide) groups is 1. The third-order valence-corrected chi connectivity index (χ3v) is 5.85. The molecule has 0 aromatic rings. The van der Waals surface area contributed by atoms with E-state index < -0.39 is 23.3 Å². The molecule has 2 amide bonds. The Bertz CT molecular complexity index is 703. The van der Waals surface area contributed by atoms with Gasteiger partial charge >= 0.3 is 5.97 Å². The Hall–Kier alpha value is -1.77. The number of carboxylic acids is 1. The lowest BCUT2D eigenvalue weighted by Crippen LogP contribution is -2.71. The SMILES string of the molecule is NCC(=O)N(C1=CCC=CC1)[C@@H]1C(=O)N2C(C(=O)O)=C(Cl)CS[C@@H]12. The summed E-state index contributed by atoms with van der Waals surface area (Å²) in [5.74, 6) is -1.75. The van der Waals surface area contributed by atoms with Crippen LogP contribution in [0.4, 0.5) is 0 Å². The number of allylic oxidation sites excluding steroid dienone is 3. The van der Waals surface area contributed by atoms with Crippen LogP contribution in [0, 0.1) is 0 Å². The van der Waals surface area contributed by atoms with Gasteiger partial charge in [-0.2, -0.15) is 0 Å². The molecule has 3 rings (SSSR count). The van der Waals surface area contributed by atoms with Crippen LogP contribution in [-0.2, 0) is 14.4 Å². The van der Waals surface area contributed by atoms with Crippen molar-refractivity contribution in [3.63, 3.8) is 0 Å². The number of fused-ring (bicyclic) bond motifs is 1. The Labute approximate surface area is 147 Å². The summed E-state index contributed by atoms with van der Waals surface area (Å²) in [5.41, 5.74) is 6.05. The average Bonchev–Trinajstić information content (AvgIpc) is 2.59. The highest BCUT2D eigenvalue weighted by Crippen LogP contribution is 2.44. The van der Waals surface area contributed by atoms with Gasteiger partial charge in [0, 0.05) is 17.9 Å². The molecule has 7 nitrogen and oxygen atoms in total. The average molecular weight is 370 g/mol. The number of aliphatic carboxylic acids is 1. The maximum Gasteiger partial charge on any atom is 0.353 e. The van der Waals surface area contributed by atoms with Crippen molar-refractivity contribution in [2.75, 3.05) is 12.3 Å². The van der Waals surface area contributed by atoms with Crippen LogP contribution in [0.2, 0.25) is 0 Å². The zero-order chi connectivity index (χ0) is 17.4. The maximum absolute atomic E-state index is 12.6. The van der Waals surface area contributed by atoms with Gasteiger partial charge in [0.2, 0.25) is 5.91 Å². The molecular formula is C15H16ClN3O4S. The molecule has 0 saturated carbocycles. The summed E-state index contributed by atoms with van der Waals surface area (Å²) in [6, 6.07) is -0.747. The van der Waals surface area contributed by atoms with E-state index in [4.69, 9.17) is 17.3 Å². The van der Waals surface area contributed by atoms with Crippen LogP contribution in [-0.4, -0.2) is 56.4 Å². The fourth-order valence-corrected chi connectivity index (χ4v) is 4.64. The molecule has 1 aliphatic carbocycles. The molecule has 0 bridgehead atoms. The standard InChI is InChI=1S/C15H16ClN3O4S/c16-9-7-24-14-12(13(21)19(14)11(9)15(22)23)18(10(20)6-17)8-4-2-1-3-5-8/h1-2,5,12,14H,3-4,6-7,17H2,(H,22,23)/t12-,14+/m1/s1. The number of nitrogens with two attached hydrogens (primary N) is 1. The minimum Gasteiger partial charge on any atom is -0.477 e. The Morgan fingerprint density at radius 1 is 1.46 bits per heavy atom. The van der Waals surface area contributed by atoms with E-state index in [0.717, 1.165) is 5.70 Å². The lowest BCUT2D eigenvalue weighted by atomic mass is 10.00. The van der Waals surface area contributed by atoms with Gasteiger partial charge in [0.1, 0.15) is 17.1 Å². The second-order valence-corrected chi connectivity index (χ2v) is 7.05. The van der Waals surface area contributed by atoms with Gasteiger partial charge in [-0.15, -0.1) is 11.8 Å². The van der Waals surface area contributed by atoms with Crippen LogP contribution in [0.5, 0.6) is 0 Å². The highest BCUT2D eigenvalue weighted by Gasteiger charge is 2.57. The monoisotopic (exact) mass is 369 g/mol. The number of rotatable bonds is 4. The van der Waals surface area contributed by atoms with Crippen molar-refractivity contribution in [3.05, 3.63) is 34.7 Å². The van der Waals surface area contributed by atoms with Gasteiger partial charge in [-0.3, -0.25) is 19.4 Å². The summed E-state index contributed by atoms with van der Waals surface area (Å²) in [7, 11) is 0. The predicted octanol–water partition coefficient (Wildman–Crippen LogP) is 0.826. The third-order valence-electron chi connectivity index (χ3n) is 4.11. The Morgan fingerprint density at radius 2 is 2.21 bits per heavy atom. The van der Waals surface area contributed by atoms with E-state index in [2.05, 4.69) is 0 Å². The van der Waals surface area contributed by atoms with Gasteiger partial charge in [0.05, 0.1) is 11.6 Å². The van der Waals surface area contributed by atoms with Crippen molar-refractivity contribution in [3.8, 4) is 0 Å². The third kappa shape index (κ3) is 2.64. The van der Waals surface area contributed by atoms with E-state index in [1.807, 2.05) is 18.2 Å². The Kier molecular flexibility index (Phi) is 4.71. The summed E-state index contributed by atoms with van der Waals surface area (Å²) in [6.45, 7) is -0.218. The number of amides is 2. The molecule has 24 heavy (non-hydrogen) atoms. The first-order valence-corrected chi connectivity index (χ1v) is 8.82. The van der Waals surface area contributed by atoms with Gasteiger partial charge < -0.3 is 10.8 Å². The van der Waals surface area contributed by atoms with Crippen LogP contribution in [0.1, 0.15) is 12.8 Å². The molecule has 1 fully saturated rings. The van der Waals surface area contributed by atoms with Crippen molar-refractivity contribution in [2.45, 2.75) is 24.3 Å². The van der Waals surface area contributed by atoms with Gasteiger partial charge in [-0.25, -0.2) is 4.79 Å². The fraction of sp³-hybridized carbons (Fsp3) is 0.400. The van der Waals surface area contributed by atoms with Crippen molar-refractivity contribution in [1.29, 1.82) is 0 Å². The second kappa shape index (κ2) is 6.62. The normalized spacial score (nSPS) is 25.8. The molecular weight excluding hydrogens is 354 g/mol. The molecule has 0 radical (unpaired) electrons. The smallest absolute Gasteiger partial charge is 0.353 e. The molecule has 2 atom stereocenters. The van der Waals surface area contributed by atoms with Gasteiger partial charge in [-0.05, 0) is 6.42 Å². The van der Waals surface area contributed by atoms with E-state index in [9.17, 15) is 19.5 Å². The number of halogens is 1. The number of hydrogen-bond acceptors (Lipinski definition) is 5. The first kappa shape index (κ1) is 17.1. The summed E-state index contributed by atoms with van der Waals surface area (Å²) in [4.78, 5) is 39.0. The molecule has 0 aromatic carbocycles. The van der Waals surface area contributed by atoms with Crippen LogP contribution >= 0.6 is 23.4 Å². The summed E-state index contributed by atoms with van der Waals surface area (Å²) in [6.07, 6.45) is 7.01. The van der Waals surface area contributed by atoms with Crippen LogP contribution < -0.4 is 5.73 Å². The molecule has 2 heterocycles. The molecule has 128 valence electrons. The molecule has 0 aromatic heterocycles. The molecule has 0 spiro atoms. The molecule has 0 unspecified atom stereocenters. The van der Waals surface area contributed by atoms with Gasteiger partial charge in [-0.1, -0.05) is 29.8 Å². The predicted molar refractivity (Wildman–Crippen MR) is 89.8 cm³/mol. The molecule has 3 aliphatic rings. The van der Waals surface area contributed by atoms with Crippen LogP contribution in [0.15, 0.2) is 34.7 Å². The zero-order valence-electron chi connectivity index (χ0n) is 12.6. The number of carboxylic acid groups (broad SMARTS) is 1. The van der Waals surface area contributed by atoms with E-state index in [-0.39, 0.29) is 28.9 Å². The largest absolute Gasteiger partial charge is 0.477 e. The highest BCUT2D eigenvalue weighted by molar-refractivity contribution is 8.00. The minimum absolute atomic E-state index is 0.132. The van der Waals surface area contributed by atoms with Crippen molar-refractivity contribution in [2.24, 2.45) is 5.73 Å². The van der Waals surface area contributed by atoms with E-state index >= 15 is 0 Å². The van der Waals surface area contributed by atoms with Crippen molar-refractivity contribution in [1.82, 2.24) is 9.80 Å². The van der Waals surface area contributed by atoms with Crippen LogP contribution in [0.25, 0.3) is 0 Å². The number of β-lactam (4-membered cyclic amide) rings is 1. The molecule has 3 N–H and O–H groups in total. The van der Waals surface area contributed by atoms with E-state index in [0.29, 0.717) is 12.8 Å². The minimum atomic E-state index is -1.24. The number of carbonyl (C=O) groups excluding carboxylic acids is 2. The number of hydrogen-bond donors (Lipinski definition) is 2. The Balaban J connectivity index is 1.92. The highest BCUT2D eigenvalue weighted by atomic mass is 35.5. The summed E-state index contributed by atoms with van der Waals surface area (Å²) in [5, 5.41) is 8.98. The van der Waals surface area contributed by atoms with Gasteiger partial charge in [0.25, 0.3) is 5.91 Å². The Morgan fingerprint density at radius 3 is 2.79 bits per heavy atom. The maximum atomic E-state index is 12.6. The van der Waals surface area contributed by atoms with E-state index in [1.165, 1.54) is 21.6 Å². The van der Waals surface area contributed by atoms with E-state index in [1.54, 1.807) is 0 Å². The number of nitrogens with zero attached hydrogens (tertiary/aromatic N) is 2. The van der Waals surface area contributed by atoms with Crippen molar-refractivity contribution >= 4 is 41.1 Å². The first-order valence-electron chi connectivity index (χ1n) is 7.40. The second-order valence-electron chi connectivity index (χ2n) is 5.49. The lowest BCUT2D eigenvalue weighted by Gasteiger charge is -2.52. The first-order chi connectivity index (χ1) is 11.5. The number of carbonyl (C=O) groups is 3.